The van der Waals surface area contributed by atoms with E-state index >= 15 is 0 Å². The molecule has 0 aromatic heterocycles. The van der Waals surface area contributed by atoms with E-state index < -0.39 is 54.4 Å². The van der Waals surface area contributed by atoms with Crippen molar-refractivity contribution < 1.29 is 12.3 Å². The highest BCUT2D eigenvalue weighted by molar-refractivity contribution is 5.97. The average molecular weight is 583 g/mol. The maximum Gasteiger partial charge on any atom is 0.0645 e. The standard InChI is InChI=1S/C44H31N/c1-2-10-32(11-3-1)34-22-26-40(27-23-34)45(41-28-24-36(25-29-41)44-19-9-15-35-13-6-7-18-43(35)44)42-17-8-16-38(31-42)39-21-20-33-12-4-5-14-37(33)30-39/h1-31H/i1D,2D,3D,10D,11D,22D,23D,26D,27D. The van der Waals surface area contributed by atoms with E-state index in [2.05, 4.69) is 42.5 Å². The average Bonchev–Trinajstić information content (AvgIpc) is 3.21. The first kappa shape index (κ1) is 18.7. The normalized spacial score (nSPS) is 13.9. The van der Waals surface area contributed by atoms with Gasteiger partial charge in [0.05, 0.1) is 12.3 Å². The third-order valence-corrected chi connectivity index (χ3v) is 8.00. The van der Waals surface area contributed by atoms with Crippen molar-refractivity contribution in [2.24, 2.45) is 0 Å². The van der Waals surface area contributed by atoms with Crippen molar-refractivity contribution in [2.75, 3.05) is 4.90 Å². The van der Waals surface area contributed by atoms with E-state index in [0.29, 0.717) is 11.4 Å². The maximum absolute atomic E-state index is 9.33. The van der Waals surface area contributed by atoms with Crippen LogP contribution in [0, 0.1) is 0 Å². The molecule has 8 rings (SSSR count). The molecule has 0 heterocycles. The molecule has 45 heavy (non-hydrogen) atoms. The van der Waals surface area contributed by atoms with Gasteiger partial charge in [0.25, 0.3) is 0 Å². The van der Waals surface area contributed by atoms with Crippen LogP contribution in [-0.2, 0) is 0 Å². The Bertz CT molecular complexity index is 2720. The number of benzene rings is 8. The van der Waals surface area contributed by atoms with Crippen molar-refractivity contribution in [3.8, 4) is 33.4 Å². The Labute approximate surface area is 276 Å². The summed E-state index contributed by atoms with van der Waals surface area (Å²) in [7, 11) is 0. The Morgan fingerprint density at radius 3 is 1.82 bits per heavy atom. The summed E-state index contributed by atoms with van der Waals surface area (Å²) in [5, 5.41) is 4.38. The summed E-state index contributed by atoms with van der Waals surface area (Å²) < 4.78 is 78.4. The van der Waals surface area contributed by atoms with Gasteiger partial charge in [0.15, 0.2) is 0 Å². The molecule has 0 spiro atoms. The van der Waals surface area contributed by atoms with Crippen LogP contribution in [0.5, 0.6) is 0 Å². The van der Waals surface area contributed by atoms with Crippen LogP contribution in [0.3, 0.4) is 0 Å². The number of fused-ring (bicyclic) bond motifs is 2. The molecule has 0 aliphatic carbocycles. The van der Waals surface area contributed by atoms with E-state index in [1.54, 1.807) is 4.90 Å². The van der Waals surface area contributed by atoms with Crippen LogP contribution in [0.2, 0.25) is 0 Å². The molecule has 0 saturated heterocycles. The van der Waals surface area contributed by atoms with Crippen molar-refractivity contribution in [1.29, 1.82) is 0 Å². The summed E-state index contributed by atoms with van der Waals surface area (Å²) in [6.45, 7) is 0. The van der Waals surface area contributed by atoms with Gasteiger partial charge >= 0.3 is 0 Å². The van der Waals surface area contributed by atoms with Crippen LogP contribution >= 0.6 is 0 Å². The van der Waals surface area contributed by atoms with Crippen molar-refractivity contribution in [1.82, 2.24) is 0 Å². The lowest BCUT2D eigenvalue weighted by atomic mass is 9.98. The monoisotopic (exact) mass is 582 g/mol. The lowest BCUT2D eigenvalue weighted by Crippen LogP contribution is -2.10. The molecule has 0 unspecified atom stereocenters. The smallest absolute Gasteiger partial charge is 0.0645 e. The highest BCUT2D eigenvalue weighted by Crippen LogP contribution is 2.39. The summed E-state index contributed by atoms with van der Waals surface area (Å²) in [5.74, 6) is 0. The fourth-order valence-corrected chi connectivity index (χ4v) is 5.79. The summed E-state index contributed by atoms with van der Waals surface area (Å²) in [6.07, 6.45) is 0. The predicted octanol–water partition coefficient (Wildman–Crippen LogP) is 12.5. The molecule has 8 aromatic carbocycles. The Morgan fingerprint density at radius 2 is 1.00 bits per heavy atom. The van der Waals surface area contributed by atoms with Crippen LogP contribution < -0.4 is 4.90 Å². The SMILES string of the molecule is [2H]c1c([2H])c([2H])c(-c2c([2H])c([2H])c(N(c3ccc(-c4cccc5ccccc45)cc3)c3cccc(-c4ccc5ccccc5c4)c3)c([2H])c2[2H])c([2H])c1[2H]. The fourth-order valence-electron chi connectivity index (χ4n) is 5.79. The summed E-state index contributed by atoms with van der Waals surface area (Å²) in [6, 6.07) is 39.0. The lowest BCUT2D eigenvalue weighted by Gasteiger charge is -2.26. The second-order valence-corrected chi connectivity index (χ2v) is 10.7. The molecule has 212 valence electrons. The molecule has 0 aliphatic rings. The van der Waals surface area contributed by atoms with Gasteiger partial charge in [-0.05, 0) is 97.3 Å². The Kier molecular flexibility index (Phi) is 4.83. The van der Waals surface area contributed by atoms with Crippen molar-refractivity contribution in [2.45, 2.75) is 0 Å². The van der Waals surface area contributed by atoms with Gasteiger partial charge in [-0.2, -0.15) is 0 Å². The lowest BCUT2D eigenvalue weighted by molar-refractivity contribution is 1.28. The van der Waals surface area contributed by atoms with Gasteiger partial charge in [-0.15, -0.1) is 0 Å². The number of rotatable bonds is 6. The minimum Gasteiger partial charge on any atom is -0.310 e. The zero-order chi connectivity index (χ0) is 37.8. The maximum atomic E-state index is 9.33. The summed E-state index contributed by atoms with van der Waals surface area (Å²) in [5.41, 5.74) is 4.19. The van der Waals surface area contributed by atoms with E-state index in [0.717, 1.165) is 43.8 Å². The van der Waals surface area contributed by atoms with E-state index in [9.17, 15) is 2.74 Å². The van der Waals surface area contributed by atoms with Crippen LogP contribution in [0.4, 0.5) is 17.1 Å². The predicted molar refractivity (Wildman–Crippen MR) is 192 cm³/mol. The topological polar surface area (TPSA) is 3.24 Å². The van der Waals surface area contributed by atoms with Gasteiger partial charge < -0.3 is 4.90 Å². The molecular weight excluding hydrogens is 542 g/mol. The zero-order valence-corrected chi connectivity index (χ0v) is 24.1. The molecule has 0 radical (unpaired) electrons. The quantitative estimate of drug-likeness (QED) is 0.188. The van der Waals surface area contributed by atoms with Crippen LogP contribution in [0.25, 0.3) is 54.9 Å². The molecule has 1 nitrogen and oxygen atoms in total. The van der Waals surface area contributed by atoms with Gasteiger partial charge in [0.1, 0.15) is 0 Å². The third kappa shape index (κ3) is 5.26. The molecule has 0 amide bonds. The first-order valence-corrected chi connectivity index (χ1v) is 14.7. The number of hydrogen-bond donors (Lipinski definition) is 0. The van der Waals surface area contributed by atoms with E-state index in [-0.39, 0.29) is 16.8 Å². The van der Waals surface area contributed by atoms with E-state index in [4.69, 9.17) is 9.60 Å². The second-order valence-electron chi connectivity index (χ2n) is 10.7. The van der Waals surface area contributed by atoms with E-state index in [1.807, 2.05) is 91.0 Å². The molecule has 0 N–H and O–H groups in total. The molecule has 0 aliphatic heterocycles. The molecule has 0 fully saturated rings. The molecule has 0 saturated carbocycles. The van der Waals surface area contributed by atoms with Gasteiger partial charge in [0, 0.05) is 17.1 Å². The Morgan fingerprint density at radius 1 is 0.356 bits per heavy atom. The van der Waals surface area contributed by atoms with Gasteiger partial charge in [-0.1, -0.05) is 145 Å². The summed E-state index contributed by atoms with van der Waals surface area (Å²) >= 11 is 0. The minimum absolute atomic E-state index is 0.0466. The minimum atomic E-state index is -0.620. The van der Waals surface area contributed by atoms with E-state index in [1.165, 1.54) is 0 Å². The van der Waals surface area contributed by atoms with Gasteiger partial charge in [0.2, 0.25) is 0 Å². The van der Waals surface area contributed by atoms with Crippen molar-refractivity contribution in [3.63, 3.8) is 0 Å². The highest BCUT2D eigenvalue weighted by atomic mass is 15.1. The largest absolute Gasteiger partial charge is 0.310 e. The number of hydrogen-bond acceptors (Lipinski definition) is 1. The molecule has 0 bridgehead atoms. The van der Waals surface area contributed by atoms with Crippen LogP contribution in [0.1, 0.15) is 12.3 Å². The first-order chi connectivity index (χ1) is 26.0. The molecule has 0 atom stereocenters. The van der Waals surface area contributed by atoms with Crippen LogP contribution in [0.15, 0.2) is 188 Å². The molecule has 1 heteroatoms. The Hall–Kier alpha value is -5.92. The molecule has 8 aromatic rings. The fraction of sp³-hybridized carbons (Fsp3) is 0. The van der Waals surface area contributed by atoms with Crippen LogP contribution in [-0.4, -0.2) is 0 Å². The van der Waals surface area contributed by atoms with Crippen molar-refractivity contribution >= 4 is 38.6 Å². The molecular formula is C44H31N. The van der Waals surface area contributed by atoms with Gasteiger partial charge in [-0.3, -0.25) is 0 Å². The third-order valence-electron chi connectivity index (χ3n) is 8.00. The Balaban J connectivity index is 1.34. The highest BCUT2D eigenvalue weighted by Gasteiger charge is 2.15. The summed E-state index contributed by atoms with van der Waals surface area (Å²) in [4.78, 5) is 1.68. The zero-order valence-electron chi connectivity index (χ0n) is 33.1. The van der Waals surface area contributed by atoms with Gasteiger partial charge in [-0.25, -0.2) is 0 Å². The number of anilines is 3. The second kappa shape index (κ2) is 11.6. The number of nitrogens with zero attached hydrogens (tertiary/aromatic N) is 1. The van der Waals surface area contributed by atoms with Crippen molar-refractivity contribution in [3.05, 3.63) is 188 Å². The first-order valence-electron chi connectivity index (χ1n) is 19.2.